The lowest BCUT2D eigenvalue weighted by molar-refractivity contribution is 0.299. The van der Waals surface area contributed by atoms with E-state index in [0.29, 0.717) is 0 Å². The Morgan fingerprint density at radius 3 is 3.00 bits per heavy atom. The highest BCUT2D eigenvalue weighted by Crippen LogP contribution is 2.36. The molecule has 5 nitrogen and oxygen atoms in total. The molecule has 0 spiro atoms. The van der Waals surface area contributed by atoms with Crippen LogP contribution in [0.4, 0.5) is 0 Å². The molecule has 0 aromatic carbocycles. The molecule has 1 fully saturated rings. The average molecular weight is 251 g/mol. The summed E-state index contributed by atoms with van der Waals surface area (Å²) in [5.41, 5.74) is 0.204. The lowest BCUT2D eigenvalue weighted by Crippen LogP contribution is -2.43. The van der Waals surface area contributed by atoms with Crippen molar-refractivity contribution in [3.05, 3.63) is 10.8 Å². The van der Waals surface area contributed by atoms with Crippen LogP contribution in [0.1, 0.15) is 37.0 Å². The second kappa shape index (κ2) is 4.03. The highest BCUT2D eigenvalue weighted by molar-refractivity contribution is 7.16. The van der Waals surface area contributed by atoms with E-state index >= 15 is 0 Å². The minimum atomic E-state index is 0.204. The lowest BCUT2D eigenvalue weighted by Gasteiger charge is -2.34. The minimum Gasteiger partial charge on any atom is -0.316 e. The molecule has 17 heavy (non-hydrogen) atoms. The van der Waals surface area contributed by atoms with Crippen molar-refractivity contribution in [1.29, 1.82) is 0 Å². The molecule has 3 rings (SSSR count). The van der Waals surface area contributed by atoms with E-state index in [0.717, 1.165) is 30.3 Å². The Morgan fingerprint density at radius 1 is 1.47 bits per heavy atom. The Morgan fingerprint density at radius 2 is 2.35 bits per heavy atom. The Labute approximate surface area is 104 Å². The van der Waals surface area contributed by atoms with Crippen LogP contribution in [-0.2, 0) is 5.41 Å². The maximum Gasteiger partial charge on any atom is 0.234 e. The van der Waals surface area contributed by atoms with Gasteiger partial charge in [-0.3, -0.25) is 0 Å². The number of aromatic nitrogens is 4. The molecule has 0 amide bonds. The molecular formula is C11H17N5S. The van der Waals surface area contributed by atoms with Crippen LogP contribution in [0, 0.1) is 6.92 Å². The van der Waals surface area contributed by atoms with Gasteiger partial charge in [0, 0.05) is 12.0 Å². The van der Waals surface area contributed by atoms with Crippen molar-refractivity contribution in [2.24, 2.45) is 0 Å². The Balaban J connectivity index is 2.05. The normalized spacial score (nSPS) is 25.5. The average Bonchev–Trinajstić information content (AvgIpc) is 2.93. The molecule has 1 unspecified atom stereocenters. The fourth-order valence-electron chi connectivity index (χ4n) is 2.53. The topological polar surface area (TPSA) is 55.1 Å². The van der Waals surface area contributed by atoms with Gasteiger partial charge in [0.25, 0.3) is 0 Å². The van der Waals surface area contributed by atoms with Crippen molar-refractivity contribution >= 4 is 16.3 Å². The molecule has 1 atom stereocenters. The Bertz CT molecular complexity index is 523. The number of nitrogens with one attached hydrogen (secondary N) is 1. The maximum atomic E-state index is 4.71. The number of fused-ring (bicyclic) bond motifs is 1. The predicted octanol–water partition coefficient (Wildman–Crippen LogP) is 1.53. The number of aryl methyl sites for hydroxylation is 1. The van der Waals surface area contributed by atoms with Crippen molar-refractivity contribution in [2.75, 3.05) is 13.1 Å². The van der Waals surface area contributed by atoms with Gasteiger partial charge in [-0.2, -0.15) is 9.61 Å². The first-order valence-corrected chi connectivity index (χ1v) is 6.97. The van der Waals surface area contributed by atoms with Gasteiger partial charge in [0.05, 0.1) is 0 Å². The molecule has 3 heterocycles. The van der Waals surface area contributed by atoms with E-state index < -0.39 is 0 Å². The van der Waals surface area contributed by atoms with Crippen LogP contribution in [0.5, 0.6) is 0 Å². The fourth-order valence-corrected chi connectivity index (χ4v) is 3.70. The quantitative estimate of drug-likeness (QED) is 0.879. The zero-order valence-electron chi connectivity index (χ0n) is 10.2. The summed E-state index contributed by atoms with van der Waals surface area (Å²) in [6.45, 7) is 6.36. The second-order valence-electron chi connectivity index (χ2n) is 4.76. The summed E-state index contributed by atoms with van der Waals surface area (Å²) in [7, 11) is 0. The summed E-state index contributed by atoms with van der Waals surface area (Å²) >= 11 is 1.69. The maximum absolute atomic E-state index is 4.71. The van der Waals surface area contributed by atoms with Crippen LogP contribution in [0.25, 0.3) is 4.96 Å². The molecular weight excluding hydrogens is 234 g/mol. The summed E-state index contributed by atoms with van der Waals surface area (Å²) in [5, 5.41) is 17.6. The zero-order valence-corrected chi connectivity index (χ0v) is 11.0. The van der Waals surface area contributed by atoms with Crippen molar-refractivity contribution < 1.29 is 0 Å². The first-order valence-electron chi connectivity index (χ1n) is 6.15. The molecule has 0 aliphatic carbocycles. The van der Waals surface area contributed by atoms with E-state index in [2.05, 4.69) is 22.4 Å². The molecule has 0 radical (unpaired) electrons. The molecule has 1 saturated heterocycles. The van der Waals surface area contributed by atoms with Crippen molar-refractivity contribution in [2.45, 2.75) is 38.5 Å². The zero-order chi connectivity index (χ0) is 11.9. The van der Waals surface area contributed by atoms with Gasteiger partial charge in [-0.15, -0.1) is 10.2 Å². The summed E-state index contributed by atoms with van der Waals surface area (Å²) in [6.07, 6.45) is 3.58. The lowest BCUT2D eigenvalue weighted by atomic mass is 9.79. The minimum absolute atomic E-state index is 0.204. The van der Waals surface area contributed by atoms with Crippen molar-refractivity contribution in [1.82, 2.24) is 25.1 Å². The van der Waals surface area contributed by atoms with E-state index in [9.17, 15) is 0 Å². The molecule has 0 saturated carbocycles. The first-order chi connectivity index (χ1) is 8.25. The van der Waals surface area contributed by atoms with E-state index in [1.807, 2.05) is 11.4 Å². The molecule has 1 aliphatic rings. The van der Waals surface area contributed by atoms with Crippen LogP contribution in [0.15, 0.2) is 0 Å². The largest absolute Gasteiger partial charge is 0.316 e. The highest BCUT2D eigenvalue weighted by Gasteiger charge is 2.35. The number of nitrogens with zero attached hydrogens (tertiary/aromatic N) is 4. The summed E-state index contributed by atoms with van der Waals surface area (Å²) < 4.78 is 1.87. The molecule has 2 aromatic heterocycles. The van der Waals surface area contributed by atoms with Crippen LogP contribution in [0.2, 0.25) is 0 Å². The SMILES string of the molecule is CCC1(c2nn3c(C)nnc3s2)CCCNC1. The van der Waals surface area contributed by atoms with Gasteiger partial charge in [-0.25, -0.2) is 0 Å². The fraction of sp³-hybridized carbons (Fsp3) is 0.727. The van der Waals surface area contributed by atoms with Crippen LogP contribution < -0.4 is 5.32 Å². The second-order valence-corrected chi connectivity index (χ2v) is 5.72. The number of rotatable bonds is 2. The first kappa shape index (κ1) is 11.1. The standard InChI is InChI=1S/C11H17N5S/c1-3-11(5-4-6-12-7-11)9-15-16-8(2)13-14-10(16)17-9/h12H,3-7H2,1-2H3. The molecule has 0 bridgehead atoms. The van der Waals surface area contributed by atoms with Crippen LogP contribution in [-0.4, -0.2) is 32.9 Å². The van der Waals surface area contributed by atoms with E-state index in [-0.39, 0.29) is 5.41 Å². The number of piperidine rings is 1. The van der Waals surface area contributed by atoms with Gasteiger partial charge < -0.3 is 5.32 Å². The van der Waals surface area contributed by atoms with E-state index in [1.54, 1.807) is 11.3 Å². The predicted molar refractivity (Wildman–Crippen MR) is 67.5 cm³/mol. The number of hydrogen-bond donors (Lipinski definition) is 1. The Kier molecular flexibility index (Phi) is 2.63. The molecule has 2 aromatic rings. The summed E-state index contributed by atoms with van der Waals surface area (Å²) in [5.74, 6) is 0.873. The third-order valence-electron chi connectivity index (χ3n) is 3.75. The molecule has 92 valence electrons. The van der Waals surface area contributed by atoms with Crippen molar-refractivity contribution in [3.63, 3.8) is 0 Å². The van der Waals surface area contributed by atoms with Crippen molar-refractivity contribution in [3.8, 4) is 0 Å². The third-order valence-corrected chi connectivity index (χ3v) is 4.89. The summed E-state index contributed by atoms with van der Waals surface area (Å²) in [6, 6.07) is 0. The van der Waals surface area contributed by atoms with Crippen LogP contribution in [0.3, 0.4) is 0 Å². The summed E-state index contributed by atoms with van der Waals surface area (Å²) in [4.78, 5) is 0.913. The van der Waals surface area contributed by atoms with E-state index in [4.69, 9.17) is 5.10 Å². The Hall–Kier alpha value is -1.01. The molecule has 1 aliphatic heterocycles. The van der Waals surface area contributed by atoms with E-state index in [1.165, 1.54) is 17.8 Å². The van der Waals surface area contributed by atoms with Gasteiger partial charge in [0.2, 0.25) is 4.96 Å². The monoisotopic (exact) mass is 251 g/mol. The highest BCUT2D eigenvalue weighted by atomic mass is 32.1. The molecule has 6 heteroatoms. The number of hydrogen-bond acceptors (Lipinski definition) is 5. The van der Waals surface area contributed by atoms with Gasteiger partial charge in [-0.1, -0.05) is 18.3 Å². The van der Waals surface area contributed by atoms with Crippen LogP contribution >= 0.6 is 11.3 Å². The molecule has 1 N–H and O–H groups in total. The smallest absolute Gasteiger partial charge is 0.234 e. The third kappa shape index (κ3) is 1.66. The van der Waals surface area contributed by atoms with Gasteiger partial charge in [0.1, 0.15) is 5.01 Å². The van der Waals surface area contributed by atoms with Gasteiger partial charge in [-0.05, 0) is 32.7 Å². The van der Waals surface area contributed by atoms with Gasteiger partial charge in [0.15, 0.2) is 5.82 Å². The van der Waals surface area contributed by atoms with Gasteiger partial charge >= 0.3 is 0 Å².